The summed E-state index contributed by atoms with van der Waals surface area (Å²) in [7, 11) is -4.12. The number of benzene rings is 3. The van der Waals surface area contributed by atoms with E-state index < -0.39 is 28.5 Å². The van der Waals surface area contributed by atoms with Crippen molar-refractivity contribution in [3.05, 3.63) is 95.0 Å². The lowest BCUT2D eigenvalue weighted by atomic mass is 10.1. The van der Waals surface area contributed by atoms with Crippen LogP contribution >= 0.6 is 11.6 Å². The van der Waals surface area contributed by atoms with Gasteiger partial charge in [0.05, 0.1) is 10.6 Å². The zero-order chi connectivity index (χ0) is 27.7. The van der Waals surface area contributed by atoms with Gasteiger partial charge in [-0.1, -0.05) is 79.5 Å². The Morgan fingerprint density at radius 1 is 0.947 bits per heavy atom. The Hall–Kier alpha value is -3.36. The molecule has 0 radical (unpaired) electrons. The van der Waals surface area contributed by atoms with E-state index in [0.717, 1.165) is 21.9 Å². The second kappa shape index (κ2) is 13.4. The molecule has 0 fully saturated rings. The molecule has 0 aliphatic rings. The zero-order valence-electron chi connectivity index (χ0n) is 21.9. The Labute approximate surface area is 230 Å². The Kier molecular flexibility index (Phi) is 10.3. The summed E-state index contributed by atoms with van der Waals surface area (Å²) in [5.41, 5.74) is 2.17. The van der Waals surface area contributed by atoms with Gasteiger partial charge in [0, 0.05) is 18.1 Å². The third-order valence-corrected chi connectivity index (χ3v) is 8.14. The molecule has 0 aliphatic carbocycles. The first-order chi connectivity index (χ1) is 18.2. The highest BCUT2D eigenvalue weighted by molar-refractivity contribution is 7.92. The summed E-state index contributed by atoms with van der Waals surface area (Å²) in [6, 6.07) is 21.2. The predicted octanol–water partition coefficient (Wildman–Crippen LogP) is 5.18. The maximum atomic E-state index is 13.9. The molecule has 7 nitrogen and oxygen atoms in total. The Morgan fingerprint density at radius 3 is 2.24 bits per heavy atom. The number of carbonyl (C=O) groups is 2. The predicted molar refractivity (Wildman–Crippen MR) is 152 cm³/mol. The molecule has 0 heterocycles. The fraction of sp³-hybridized carbons (Fsp3) is 0.310. The van der Waals surface area contributed by atoms with Gasteiger partial charge in [-0.3, -0.25) is 13.9 Å². The fourth-order valence-corrected chi connectivity index (χ4v) is 5.67. The molecule has 1 atom stereocenters. The van der Waals surface area contributed by atoms with Gasteiger partial charge in [-0.25, -0.2) is 8.42 Å². The molecule has 0 aliphatic heterocycles. The molecule has 38 heavy (non-hydrogen) atoms. The number of rotatable bonds is 12. The maximum absolute atomic E-state index is 13.9. The normalized spacial score (nSPS) is 12.0. The summed E-state index contributed by atoms with van der Waals surface area (Å²) in [4.78, 5) is 28.5. The van der Waals surface area contributed by atoms with Crippen molar-refractivity contribution in [2.45, 2.75) is 51.1 Å². The summed E-state index contributed by atoms with van der Waals surface area (Å²) in [5.74, 6) is -0.765. The van der Waals surface area contributed by atoms with Crippen LogP contribution in [0.1, 0.15) is 37.8 Å². The number of nitrogens with zero attached hydrogens (tertiary/aromatic N) is 2. The molecule has 1 unspecified atom stereocenters. The van der Waals surface area contributed by atoms with Crippen LogP contribution in [0.4, 0.5) is 5.69 Å². The van der Waals surface area contributed by atoms with Crippen molar-refractivity contribution in [3.8, 4) is 0 Å². The molecule has 9 heteroatoms. The van der Waals surface area contributed by atoms with Gasteiger partial charge in [0.2, 0.25) is 11.8 Å². The molecule has 3 rings (SSSR count). The molecule has 3 aromatic carbocycles. The van der Waals surface area contributed by atoms with E-state index in [-0.39, 0.29) is 23.0 Å². The first-order valence-corrected chi connectivity index (χ1v) is 14.4. The lowest BCUT2D eigenvalue weighted by molar-refractivity contribution is -0.140. The number of anilines is 1. The van der Waals surface area contributed by atoms with Crippen LogP contribution in [0, 0.1) is 6.92 Å². The molecule has 3 aromatic rings. The lowest BCUT2D eigenvalue weighted by Gasteiger charge is -2.33. The molecule has 202 valence electrons. The average Bonchev–Trinajstić information content (AvgIpc) is 2.91. The Bertz CT molecular complexity index is 1330. The number of halogens is 1. The number of hydrogen-bond acceptors (Lipinski definition) is 4. The molecule has 0 saturated heterocycles. The molecule has 0 aromatic heterocycles. The minimum Gasteiger partial charge on any atom is -0.354 e. The molecule has 0 spiro atoms. The Balaban J connectivity index is 2.03. The van der Waals surface area contributed by atoms with Crippen molar-refractivity contribution >= 4 is 39.1 Å². The van der Waals surface area contributed by atoms with Crippen LogP contribution < -0.4 is 9.62 Å². The summed E-state index contributed by atoms with van der Waals surface area (Å²) in [6.07, 6.45) is 1.13. The first-order valence-electron chi connectivity index (χ1n) is 12.6. The Morgan fingerprint density at radius 2 is 1.63 bits per heavy atom. The highest BCUT2D eigenvalue weighted by Gasteiger charge is 2.33. The SMILES string of the molecule is CCCNC(=O)C(CC)N(Cc1ccc(C)cc1)C(=O)CN(c1cccc(Cl)c1)S(=O)(=O)c1ccccc1. The standard InChI is InChI=1S/C29H34ClN3O4S/c1-4-18-31-29(35)27(5-2)32(20-23-16-14-22(3)15-17-23)28(34)21-33(25-11-9-10-24(30)19-25)38(36,37)26-12-7-6-8-13-26/h6-17,19,27H,4-5,18,20-21H2,1-3H3,(H,31,35). The van der Waals surface area contributed by atoms with Crippen molar-refractivity contribution in [1.29, 1.82) is 0 Å². The lowest BCUT2D eigenvalue weighted by Crippen LogP contribution is -2.52. The number of nitrogens with one attached hydrogen (secondary N) is 1. The van der Waals surface area contributed by atoms with Gasteiger partial charge in [0.15, 0.2) is 0 Å². The van der Waals surface area contributed by atoms with E-state index in [9.17, 15) is 18.0 Å². The largest absolute Gasteiger partial charge is 0.354 e. The molecule has 1 N–H and O–H groups in total. The number of carbonyl (C=O) groups excluding carboxylic acids is 2. The number of aryl methyl sites for hydroxylation is 1. The van der Waals surface area contributed by atoms with E-state index >= 15 is 0 Å². The number of amides is 2. The van der Waals surface area contributed by atoms with Crippen molar-refractivity contribution in [2.24, 2.45) is 0 Å². The van der Waals surface area contributed by atoms with Crippen molar-refractivity contribution in [2.75, 3.05) is 17.4 Å². The van der Waals surface area contributed by atoms with Crippen LogP contribution in [0.15, 0.2) is 83.8 Å². The van der Waals surface area contributed by atoms with Gasteiger partial charge in [0.25, 0.3) is 10.0 Å². The summed E-state index contributed by atoms with van der Waals surface area (Å²) in [5, 5.41) is 3.22. The second-order valence-electron chi connectivity index (χ2n) is 9.03. The van der Waals surface area contributed by atoms with Gasteiger partial charge in [0.1, 0.15) is 12.6 Å². The minimum atomic E-state index is -4.12. The maximum Gasteiger partial charge on any atom is 0.264 e. The smallest absolute Gasteiger partial charge is 0.264 e. The number of sulfonamides is 1. The van der Waals surface area contributed by atoms with Gasteiger partial charge in [-0.2, -0.15) is 0 Å². The van der Waals surface area contributed by atoms with E-state index in [1.165, 1.54) is 23.1 Å². The molecular weight excluding hydrogens is 522 g/mol. The van der Waals surface area contributed by atoms with Gasteiger partial charge in [-0.15, -0.1) is 0 Å². The van der Waals surface area contributed by atoms with Crippen molar-refractivity contribution in [1.82, 2.24) is 10.2 Å². The molecule has 0 bridgehead atoms. The van der Waals surface area contributed by atoms with Crippen LogP contribution in [0.3, 0.4) is 0 Å². The molecule has 0 saturated carbocycles. The van der Waals surface area contributed by atoms with Crippen LogP contribution in [-0.4, -0.2) is 44.3 Å². The quantitative estimate of drug-likeness (QED) is 0.334. The first kappa shape index (κ1) is 29.2. The molecular formula is C29H34ClN3O4S. The molecule has 2 amide bonds. The highest BCUT2D eigenvalue weighted by atomic mass is 35.5. The monoisotopic (exact) mass is 555 g/mol. The van der Waals surface area contributed by atoms with E-state index in [0.29, 0.717) is 18.0 Å². The zero-order valence-corrected chi connectivity index (χ0v) is 23.5. The van der Waals surface area contributed by atoms with Gasteiger partial charge < -0.3 is 10.2 Å². The van der Waals surface area contributed by atoms with E-state index in [1.807, 2.05) is 45.0 Å². The van der Waals surface area contributed by atoms with Crippen molar-refractivity contribution in [3.63, 3.8) is 0 Å². The third kappa shape index (κ3) is 7.36. The topological polar surface area (TPSA) is 86.8 Å². The van der Waals surface area contributed by atoms with Crippen LogP contribution in [0.25, 0.3) is 0 Å². The minimum absolute atomic E-state index is 0.0468. The van der Waals surface area contributed by atoms with Crippen LogP contribution in [-0.2, 0) is 26.2 Å². The van der Waals surface area contributed by atoms with Crippen molar-refractivity contribution < 1.29 is 18.0 Å². The van der Waals surface area contributed by atoms with E-state index in [4.69, 9.17) is 11.6 Å². The third-order valence-electron chi connectivity index (χ3n) is 6.11. The van der Waals surface area contributed by atoms with Crippen LogP contribution in [0.5, 0.6) is 0 Å². The van der Waals surface area contributed by atoms with E-state index in [2.05, 4.69) is 5.32 Å². The summed E-state index contributed by atoms with van der Waals surface area (Å²) >= 11 is 6.20. The highest BCUT2D eigenvalue weighted by Crippen LogP contribution is 2.27. The second-order valence-corrected chi connectivity index (χ2v) is 11.3. The van der Waals surface area contributed by atoms with E-state index in [1.54, 1.807) is 36.4 Å². The fourth-order valence-electron chi connectivity index (χ4n) is 4.06. The van der Waals surface area contributed by atoms with Gasteiger partial charge >= 0.3 is 0 Å². The summed E-state index contributed by atoms with van der Waals surface area (Å²) < 4.78 is 28.5. The van der Waals surface area contributed by atoms with Crippen LogP contribution in [0.2, 0.25) is 5.02 Å². The average molecular weight is 556 g/mol. The number of hydrogen-bond donors (Lipinski definition) is 1. The summed E-state index contributed by atoms with van der Waals surface area (Å²) in [6.45, 7) is 5.90. The van der Waals surface area contributed by atoms with Gasteiger partial charge in [-0.05, 0) is 55.7 Å².